The minimum absolute atomic E-state index is 0.0633. The fraction of sp³-hybridized carbons (Fsp3) is 0.250. The maximum Gasteiger partial charge on any atom is 0.290 e. The van der Waals surface area contributed by atoms with E-state index < -0.39 is 22.9 Å². The number of aryl methyl sites for hydroxylation is 1. The summed E-state index contributed by atoms with van der Waals surface area (Å²) in [6.07, 6.45) is 7.44. The summed E-state index contributed by atoms with van der Waals surface area (Å²) in [7, 11) is 0. The first-order valence-corrected chi connectivity index (χ1v) is 15.4. The number of H-pyrrole nitrogens is 2. The zero-order valence-electron chi connectivity index (χ0n) is 24.1. The van der Waals surface area contributed by atoms with Gasteiger partial charge in [0.25, 0.3) is 6.47 Å². The standard InChI is InChI=1S/C31H27ClF3N3O2S.CH2O2/c1-4-5-16-12-17(32)13-21-27(16)39-11-9-31(21,2)23-15-37-30(38-23)20-14-18(6-7-22(20)33)40-28-25(35)24(34)26-19(8-10-36-26)29(28)41-3;2-1-3/h6-8,10,12-15,36H,4-5,9,11H2,1-3H3,(H,37,38);1H,(H,2,3)/t31-;/m0./s1. The zero-order valence-corrected chi connectivity index (χ0v) is 25.6. The van der Waals surface area contributed by atoms with E-state index in [1.807, 2.05) is 12.1 Å². The van der Waals surface area contributed by atoms with Gasteiger partial charge in [0.2, 0.25) is 5.82 Å². The van der Waals surface area contributed by atoms with E-state index in [9.17, 15) is 4.39 Å². The molecule has 0 spiro atoms. The number of nitrogens with zero attached hydrogens (tertiary/aromatic N) is 1. The molecule has 3 N–H and O–H groups in total. The summed E-state index contributed by atoms with van der Waals surface area (Å²) >= 11 is 7.74. The highest BCUT2D eigenvalue weighted by Crippen LogP contribution is 2.47. The normalized spacial score (nSPS) is 15.7. The van der Waals surface area contributed by atoms with E-state index in [0.29, 0.717) is 28.3 Å². The summed E-state index contributed by atoms with van der Waals surface area (Å²) < 4.78 is 56.9. The molecule has 3 aromatic carbocycles. The predicted molar refractivity (Wildman–Crippen MR) is 165 cm³/mol. The molecule has 0 bridgehead atoms. The number of imidazole rings is 1. The maximum absolute atomic E-state index is 15.1. The Morgan fingerprint density at radius 2 is 1.98 bits per heavy atom. The van der Waals surface area contributed by atoms with Crippen LogP contribution < -0.4 is 9.47 Å². The molecular formula is C32H29ClF3N3O4S. The molecule has 0 aliphatic carbocycles. The van der Waals surface area contributed by atoms with E-state index in [0.717, 1.165) is 35.4 Å². The number of nitrogens with one attached hydrogen (secondary N) is 2. The van der Waals surface area contributed by atoms with Crippen LogP contribution in [0.25, 0.3) is 22.3 Å². The third kappa shape index (κ3) is 5.61. The largest absolute Gasteiger partial charge is 0.493 e. The number of hydrogen-bond donors (Lipinski definition) is 3. The van der Waals surface area contributed by atoms with Crippen molar-refractivity contribution >= 4 is 40.7 Å². The van der Waals surface area contributed by atoms with E-state index in [1.165, 1.54) is 36.2 Å². The van der Waals surface area contributed by atoms with Crippen LogP contribution in [-0.2, 0) is 16.6 Å². The van der Waals surface area contributed by atoms with Crippen LogP contribution in [0.5, 0.6) is 17.2 Å². The first-order valence-electron chi connectivity index (χ1n) is 13.8. The average molecular weight is 644 g/mol. The van der Waals surface area contributed by atoms with Gasteiger partial charge in [-0.05, 0) is 68.0 Å². The van der Waals surface area contributed by atoms with Gasteiger partial charge in [0.15, 0.2) is 11.6 Å². The van der Waals surface area contributed by atoms with Crippen molar-refractivity contribution in [2.75, 3.05) is 12.9 Å². The van der Waals surface area contributed by atoms with E-state index in [4.69, 9.17) is 31.0 Å². The first-order chi connectivity index (χ1) is 21.2. The Morgan fingerprint density at radius 1 is 1.20 bits per heavy atom. The number of fused-ring (bicyclic) bond motifs is 2. The van der Waals surface area contributed by atoms with Gasteiger partial charge in [-0.1, -0.05) is 24.9 Å². The summed E-state index contributed by atoms with van der Waals surface area (Å²) in [4.78, 5) is 19.3. The Hall–Kier alpha value is -4.09. The Morgan fingerprint density at radius 3 is 2.70 bits per heavy atom. The number of aromatic nitrogens is 3. The lowest BCUT2D eigenvalue weighted by atomic mass is 9.74. The third-order valence-corrected chi connectivity index (χ3v) is 8.72. The molecule has 0 saturated carbocycles. The van der Waals surface area contributed by atoms with Crippen molar-refractivity contribution in [3.63, 3.8) is 0 Å². The molecule has 3 heterocycles. The summed E-state index contributed by atoms with van der Waals surface area (Å²) in [5, 5.41) is 8.02. The molecule has 0 saturated heterocycles. The molecule has 5 aromatic rings. The molecule has 0 fully saturated rings. The van der Waals surface area contributed by atoms with Gasteiger partial charge in [0.05, 0.1) is 22.6 Å². The number of benzene rings is 3. The maximum atomic E-state index is 15.1. The fourth-order valence-electron chi connectivity index (χ4n) is 5.53. The molecule has 0 amide bonds. The summed E-state index contributed by atoms with van der Waals surface area (Å²) in [5.41, 5.74) is 2.49. The minimum atomic E-state index is -1.12. The quantitative estimate of drug-likeness (QED) is 0.121. The van der Waals surface area contributed by atoms with E-state index in [-0.39, 0.29) is 34.9 Å². The number of aromatic amines is 2. The SMILES string of the molecule is CCCc1cc(Cl)cc2c1OCC[C@]2(C)c1cnc(-c2cc(Oc3c(F)c(F)c4[nH]ccc4c3SC)ccc2F)[nH]1.O=CO. The molecule has 0 unspecified atom stereocenters. The number of ether oxygens (including phenoxy) is 2. The highest BCUT2D eigenvalue weighted by Gasteiger charge is 2.38. The zero-order chi connectivity index (χ0) is 31.6. The van der Waals surface area contributed by atoms with Crippen LogP contribution >= 0.6 is 23.4 Å². The van der Waals surface area contributed by atoms with Crippen LogP contribution in [0.3, 0.4) is 0 Å². The van der Waals surface area contributed by atoms with Crippen LogP contribution in [0.4, 0.5) is 13.2 Å². The molecule has 1 aliphatic heterocycles. The molecule has 12 heteroatoms. The number of halogens is 4. The monoisotopic (exact) mass is 643 g/mol. The van der Waals surface area contributed by atoms with Crippen molar-refractivity contribution in [2.45, 2.75) is 43.4 Å². The van der Waals surface area contributed by atoms with Crippen molar-refractivity contribution in [1.29, 1.82) is 0 Å². The van der Waals surface area contributed by atoms with Gasteiger partial charge in [0.1, 0.15) is 23.1 Å². The molecule has 44 heavy (non-hydrogen) atoms. The van der Waals surface area contributed by atoms with Crippen LogP contribution in [-0.4, -0.2) is 39.4 Å². The first kappa shape index (κ1) is 31.3. The number of hydrogen-bond acceptors (Lipinski definition) is 5. The molecule has 1 atom stereocenters. The third-order valence-electron chi connectivity index (χ3n) is 7.69. The van der Waals surface area contributed by atoms with Crippen molar-refractivity contribution in [3.05, 3.63) is 88.1 Å². The number of carboxylic acid groups (broad SMARTS) is 1. The second-order valence-electron chi connectivity index (χ2n) is 10.4. The summed E-state index contributed by atoms with van der Waals surface area (Å²) in [6.45, 7) is 4.46. The van der Waals surface area contributed by atoms with E-state index in [2.05, 4.69) is 28.8 Å². The van der Waals surface area contributed by atoms with Gasteiger partial charge >= 0.3 is 0 Å². The molecule has 2 aromatic heterocycles. The molecule has 1 aliphatic rings. The van der Waals surface area contributed by atoms with Crippen molar-refractivity contribution in [2.24, 2.45) is 0 Å². The van der Waals surface area contributed by atoms with Crippen LogP contribution in [0, 0.1) is 17.5 Å². The molecule has 6 rings (SSSR count). The Kier molecular flexibility index (Phi) is 9.17. The Balaban J connectivity index is 0.00000123. The molecule has 230 valence electrons. The van der Waals surface area contributed by atoms with Crippen molar-refractivity contribution in [1.82, 2.24) is 15.0 Å². The minimum Gasteiger partial charge on any atom is -0.493 e. The number of carbonyl (C=O) groups is 1. The van der Waals surface area contributed by atoms with Crippen molar-refractivity contribution < 1.29 is 32.5 Å². The lowest BCUT2D eigenvalue weighted by molar-refractivity contribution is -0.122. The summed E-state index contributed by atoms with van der Waals surface area (Å²) in [6, 6.07) is 9.54. The predicted octanol–water partition coefficient (Wildman–Crippen LogP) is 8.88. The Labute approximate surface area is 260 Å². The van der Waals surface area contributed by atoms with Gasteiger partial charge in [-0.15, -0.1) is 11.8 Å². The van der Waals surface area contributed by atoms with Gasteiger partial charge in [0, 0.05) is 39.5 Å². The Bertz CT molecular complexity index is 1840. The van der Waals surface area contributed by atoms with Crippen LogP contribution in [0.2, 0.25) is 5.02 Å². The highest BCUT2D eigenvalue weighted by atomic mass is 35.5. The second-order valence-corrected chi connectivity index (χ2v) is 11.6. The molecule has 7 nitrogen and oxygen atoms in total. The van der Waals surface area contributed by atoms with Crippen molar-refractivity contribution in [3.8, 4) is 28.6 Å². The van der Waals surface area contributed by atoms with Gasteiger partial charge < -0.3 is 24.5 Å². The lowest BCUT2D eigenvalue weighted by Crippen LogP contribution is -2.32. The molecule has 0 radical (unpaired) electrons. The number of rotatable bonds is 7. The molecular weight excluding hydrogens is 615 g/mol. The smallest absolute Gasteiger partial charge is 0.290 e. The summed E-state index contributed by atoms with van der Waals surface area (Å²) in [5.74, 6) is -1.70. The van der Waals surface area contributed by atoms with Gasteiger partial charge in [-0.2, -0.15) is 4.39 Å². The van der Waals surface area contributed by atoms with E-state index >= 15 is 8.78 Å². The van der Waals surface area contributed by atoms with Gasteiger partial charge in [-0.3, -0.25) is 4.79 Å². The van der Waals surface area contributed by atoms with E-state index in [1.54, 1.807) is 18.5 Å². The highest BCUT2D eigenvalue weighted by molar-refractivity contribution is 7.99. The van der Waals surface area contributed by atoms with Gasteiger partial charge in [-0.25, -0.2) is 13.8 Å². The fourth-order valence-corrected chi connectivity index (χ4v) is 6.48. The number of thioether (sulfide) groups is 1. The van der Waals surface area contributed by atoms with Crippen LogP contribution in [0.1, 0.15) is 43.5 Å². The topological polar surface area (TPSA) is 100 Å². The van der Waals surface area contributed by atoms with Crippen LogP contribution in [0.15, 0.2) is 53.7 Å². The average Bonchev–Trinajstić information content (AvgIpc) is 3.69. The lowest BCUT2D eigenvalue weighted by Gasteiger charge is -2.36. The second kappa shape index (κ2) is 12.9.